The summed E-state index contributed by atoms with van der Waals surface area (Å²) >= 11 is 0. The number of sulfonamides is 1. The molecule has 0 atom stereocenters. The summed E-state index contributed by atoms with van der Waals surface area (Å²) in [6.45, 7) is 4.13. The lowest BCUT2D eigenvalue weighted by Crippen LogP contribution is -2.23. The summed E-state index contributed by atoms with van der Waals surface area (Å²) in [5.41, 5.74) is 6.81. The predicted molar refractivity (Wildman–Crippen MR) is 117 cm³/mol. The molecule has 0 spiro atoms. The van der Waals surface area contributed by atoms with Crippen molar-refractivity contribution in [1.29, 1.82) is 0 Å². The van der Waals surface area contributed by atoms with Gasteiger partial charge in [0.25, 0.3) is 9.05 Å². The minimum atomic E-state index is -3.55. The van der Waals surface area contributed by atoms with Gasteiger partial charge in [0.1, 0.15) is 0 Å². The highest BCUT2D eigenvalue weighted by atomic mass is 35.7. The van der Waals surface area contributed by atoms with Crippen molar-refractivity contribution in [2.75, 3.05) is 13.1 Å². The van der Waals surface area contributed by atoms with E-state index in [1.807, 2.05) is 13.8 Å². The average molecular weight is 455 g/mol. The normalized spacial score (nSPS) is 10.3. The Hall–Kier alpha value is -2.33. The van der Waals surface area contributed by atoms with Crippen LogP contribution in [0.2, 0.25) is 0 Å². The minimum Gasteiger partial charge on any atom is -0.320 e. The minimum absolute atomic E-state index is 0.0101. The number of rotatable bonds is 4. The molecule has 9 heteroatoms. The van der Waals surface area contributed by atoms with E-state index in [9.17, 15) is 16.8 Å². The van der Waals surface area contributed by atoms with Crippen molar-refractivity contribution in [3.8, 4) is 24.7 Å². The molecule has 0 aromatic heterocycles. The number of terminal acetylenes is 2. The Bertz CT molecular complexity index is 1050. The fraction of sp³-hybridized carbons (Fsp3) is 0.200. The van der Waals surface area contributed by atoms with Crippen molar-refractivity contribution in [2.24, 2.45) is 5.73 Å². The van der Waals surface area contributed by atoms with Crippen LogP contribution in [0.25, 0.3) is 0 Å². The van der Waals surface area contributed by atoms with Crippen molar-refractivity contribution in [2.45, 2.75) is 23.6 Å². The molecule has 0 amide bonds. The number of aryl methyl sites for hydroxylation is 2. The summed E-state index contributed by atoms with van der Waals surface area (Å²) in [7, 11) is -1.90. The molecule has 29 heavy (non-hydrogen) atoms. The fourth-order valence-corrected chi connectivity index (χ4v) is 3.34. The molecule has 2 aromatic carbocycles. The molecule has 2 rings (SSSR count). The molecule has 0 bridgehead atoms. The molecule has 0 unspecified atom stereocenters. The van der Waals surface area contributed by atoms with Gasteiger partial charge in [-0.1, -0.05) is 47.2 Å². The number of nitrogens with two attached hydrogens (primary N) is 1. The quantitative estimate of drug-likeness (QED) is 0.545. The van der Waals surface area contributed by atoms with E-state index in [4.69, 9.17) is 22.8 Å². The van der Waals surface area contributed by atoms with Crippen LogP contribution in [0.3, 0.4) is 0 Å². The third-order valence-corrected chi connectivity index (χ3v) is 5.90. The summed E-state index contributed by atoms with van der Waals surface area (Å²) in [4.78, 5) is 0.378. The second kappa shape index (κ2) is 13.0. The van der Waals surface area contributed by atoms with Gasteiger partial charge in [0.05, 0.1) is 22.9 Å². The zero-order valence-corrected chi connectivity index (χ0v) is 18.5. The molecule has 3 N–H and O–H groups in total. The Morgan fingerprint density at radius 1 is 0.862 bits per heavy atom. The maximum absolute atomic E-state index is 11.5. The molecule has 0 aliphatic heterocycles. The van der Waals surface area contributed by atoms with Crippen molar-refractivity contribution < 1.29 is 16.8 Å². The molecule has 0 heterocycles. The lowest BCUT2D eigenvalue weighted by atomic mass is 10.2. The second-order valence-corrected chi connectivity index (χ2v) is 9.83. The molecule has 0 saturated heterocycles. The van der Waals surface area contributed by atoms with E-state index in [1.165, 1.54) is 12.1 Å². The molecule has 0 radical (unpaired) electrons. The first kappa shape index (κ1) is 26.7. The first-order valence-electron chi connectivity index (χ1n) is 8.12. The van der Waals surface area contributed by atoms with E-state index in [0.29, 0.717) is 6.54 Å². The Balaban J connectivity index is 0.000000466. The summed E-state index contributed by atoms with van der Waals surface area (Å²) in [6.07, 6.45) is 9.61. The van der Waals surface area contributed by atoms with Gasteiger partial charge < -0.3 is 5.73 Å². The topological polar surface area (TPSA) is 106 Å². The first-order valence-corrected chi connectivity index (χ1v) is 11.9. The largest absolute Gasteiger partial charge is 0.320 e. The molecule has 0 fully saturated rings. The number of benzene rings is 2. The van der Waals surface area contributed by atoms with E-state index in [1.54, 1.807) is 36.4 Å². The Kier molecular flexibility index (Phi) is 12.0. The molecule has 156 valence electrons. The van der Waals surface area contributed by atoms with Crippen LogP contribution in [0, 0.1) is 38.5 Å². The maximum Gasteiger partial charge on any atom is 0.261 e. The van der Waals surface area contributed by atoms with Gasteiger partial charge in [0.15, 0.2) is 0 Å². The van der Waals surface area contributed by atoms with Crippen LogP contribution in [-0.2, 0) is 19.1 Å². The van der Waals surface area contributed by atoms with Gasteiger partial charge in [-0.3, -0.25) is 0 Å². The molecule has 6 nitrogen and oxygen atoms in total. The highest BCUT2D eigenvalue weighted by Crippen LogP contribution is 2.14. The number of hydrogen-bond donors (Lipinski definition) is 2. The van der Waals surface area contributed by atoms with E-state index in [2.05, 4.69) is 23.0 Å². The van der Waals surface area contributed by atoms with Gasteiger partial charge in [-0.25, -0.2) is 16.8 Å². The van der Waals surface area contributed by atoms with Gasteiger partial charge in [-0.2, -0.15) is 4.72 Å². The van der Waals surface area contributed by atoms with Crippen LogP contribution in [0.1, 0.15) is 11.1 Å². The van der Waals surface area contributed by atoms with Gasteiger partial charge in [-0.15, -0.1) is 12.8 Å². The summed E-state index contributed by atoms with van der Waals surface area (Å²) in [5, 5.41) is 0. The fourth-order valence-electron chi connectivity index (χ4n) is 1.64. The Labute approximate surface area is 178 Å². The molecular formula is C20H23ClN2O4S2. The Morgan fingerprint density at radius 3 is 1.55 bits per heavy atom. The van der Waals surface area contributed by atoms with Crippen molar-refractivity contribution in [3.63, 3.8) is 0 Å². The molecule has 0 aliphatic rings. The van der Waals surface area contributed by atoms with Crippen LogP contribution in [-0.4, -0.2) is 29.9 Å². The summed E-state index contributed by atoms with van der Waals surface area (Å²) < 4.78 is 46.7. The summed E-state index contributed by atoms with van der Waals surface area (Å²) in [6, 6.07) is 13.0. The molecule has 0 saturated carbocycles. The van der Waals surface area contributed by atoms with E-state index >= 15 is 0 Å². The zero-order valence-electron chi connectivity index (χ0n) is 16.1. The van der Waals surface area contributed by atoms with Crippen LogP contribution in [0.15, 0.2) is 58.3 Å². The van der Waals surface area contributed by atoms with Crippen molar-refractivity contribution in [1.82, 2.24) is 4.72 Å². The predicted octanol–water partition coefficient (Wildman–Crippen LogP) is 2.41. The van der Waals surface area contributed by atoms with E-state index in [0.717, 1.165) is 11.1 Å². The zero-order chi connectivity index (χ0) is 22.5. The second-order valence-electron chi connectivity index (χ2n) is 5.50. The van der Waals surface area contributed by atoms with Gasteiger partial charge >= 0.3 is 0 Å². The third-order valence-electron chi connectivity index (χ3n) is 3.12. The van der Waals surface area contributed by atoms with Crippen LogP contribution in [0.5, 0.6) is 0 Å². The highest BCUT2D eigenvalue weighted by molar-refractivity contribution is 8.13. The smallest absolute Gasteiger partial charge is 0.261 e. The molecular weight excluding hydrogens is 432 g/mol. The first-order chi connectivity index (χ1) is 13.5. The van der Waals surface area contributed by atoms with E-state index < -0.39 is 19.1 Å². The van der Waals surface area contributed by atoms with Crippen molar-refractivity contribution >= 4 is 29.8 Å². The summed E-state index contributed by atoms with van der Waals surface area (Å²) in [5.74, 6) is 4.42. The number of halogens is 1. The number of nitrogens with one attached hydrogen (secondary N) is 1. The van der Waals surface area contributed by atoms with Crippen molar-refractivity contribution in [3.05, 3.63) is 59.7 Å². The standard InChI is InChI=1S/C10H11NO2S.C7H7ClO2S.C3H5N/c1-3-8-11-14(12,13)10-6-4-9(2)5-7-10;1-6-2-4-7(5-3-6)11(8,9)10;1-2-3-4/h1,4-7,11H,8H2,2H3;2-5H,1H3;1H,3-4H2. The monoisotopic (exact) mass is 454 g/mol. The lowest BCUT2D eigenvalue weighted by molar-refractivity contribution is 0.586. The third kappa shape index (κ3) is 11.3. The number of hydrogen-bond acceptors (Lipinski definition) is 5. The van der Waals surface area contributed by atoms with E-state index in [-0.39, 0.29) is 16.3 Å². The maximum atomic E-state index is 11.5. The molecule has 0 aliphatic carbocycles. The average Bonchev–Trinajstić information content (AvgIpc) is 2.67. The van der Waals surface area contributed by atoms with Gasteiger partial charge in [-0.05, 0) is 38.1 Å². The lowest BCUT2D eigenvalue weighted by Gasteiger charge is -2.03. The Morgan fingerprint density at radius 2 is 1.24 bits per heavy atom. The van der Waals surface area contributed by atoms with Gasteiger partial charge in [0, 0.05) is 10.7 Å². The van der Waals surface area contributed by atoms with Crippen LogP contribution < -0.4 is 10.5 Å². The highest BCUT2D eigenvalue weighted by Gasteiger charge is 2.11. The van der Waals surface area contributed by atoms with Crippen LogP contribution in [0.4, 0.5) is 0 Å². The van der Waals surface area contributed by atoms with Crippen LogP contribution >= 0.6 is 10.7 Å². The van der Waals surface area contributed by atoms with Gasteiger partial charge in [0.2, 0.25) is 10.0 Å². The SMILES string of the molecule is C#CCN.C#CCNS(=O)(=O)c1ccc(C)cc1.Cc1ccc(S(=O)(=O)Cl)cc1. The molecule has 2 aromatic rings.